The van der Waals surface area contributed by atoms with Gasteiger partial charge in [-0.2, -0.15) is 0 Å². The van der Waals surface area contributed by atoms with Crippen molar-refractivity contribution in [2.45, 2.75) is 19.8 Å². The van der Waals surface area contributed by atoms with E-state index >= 15 is 0 Å². The Kier molecular flexibility index (Phi) is 4.85. The zero-order valence-electron chi connectivity index (χ0n) is 12.8. The third-order valence-electron chi connectivity index (χ3n) is 3.29. The van der Waals surface area contributed by atoms with Crippen LogP contribution in [-0.2, 0) is 0 Å². The van der Waals surface area contributed by atoms with Gasteiger partial charge in [-0.15, -0.1) is 0 Å². The van der Waals surface area contributed by atoms with Crippen molar-refractivity contribution >= 4 is 17.1 Å². The number of anilines is 1. The highest BCUT2D eigenvalue weighted by molar-refractivity contribution is 6.01. The highest BCUT2D eigenvalue weighted by Gasteiger charge is 2.16. The first-order valence-electron chi connectivity index (χ1n) is 7.12. The third-order valence-corrected chi connectivity index (χ3v) is 3.29. The molecule has 0 aliphatic rings. The molecule has 2 rings (SSSR count). The van der Waals surface area contributed by atoms with Crippen LogP contribution < -0.4 is 10.9 Å². The standard InChI is InChI=1S/C15H17N5O3/c1-3-5-11(16)12-13(17-2)15(21)19-14(18-12)9-6-4-7-10(8-9)20(22)23/h4,6-8,16-17H,3,5H2,1-2H3,(H,18,19,21). The van der Waals surface area contributed by atoms with E-state index in [-0.39, 0.29) is 28.6 Å². The number of nitrogens with one attached hydrogen (secondary N) is 3. The lowest BCUT2D eigenvalue weighted by Crippen LogP contribution is -2.20. The Morgan fingerprint density at radius 1 is 1.48 bits per heavy atom. The number of hydrogen-bond donors (Lipinski definition) is 3. The lowest BCUT2D eigenvalue weighted by atomic mass is 10.1. The van der Waals surface area contributed by atoms with Gasteiger partial charge in [-0.3, -0.25) is 14.9 Å². The van der Waals surface area contributed by atoms with Crippen molar-refractivity contribution in [2.24, 2.45) is 0 Å². The van der Waals surface area contributed by atoms with E-state index in [0.717, 1.165) is 6.42 Å². The second kappa shape index (κ2) is 6.82. The molecule has 120 valence electrons. The molecule has 0 aliphatic carbocycles. The maximum absolute atomic E-state index is 12.2. The van der Waals surface area contributed by atoms with Crippen LogP contribution in [0.3, 0.4) is 0 Å². The Balaban J connectivity index is 2.60. The molecule has 23 heavy (non-hydrogen) atoms. The Labute approximate surface area is 132 Å². The minimum Gasteiger partial charge on any atom is -0.382 e. The normalized spacial score (nSPS) is 10.3. The van der Waals surface area contributed by atoms with Crippen LogP contribution in [0.1, 0.15) is 25.5 Å². The first kappa shape index (κ1) is 16.3. The predicted octanol–water partition coefficient (Wildman–Crippen LogP) is 2.55. The summed E-state index contributed by atoms with van der Waals surface area (Å²) in [5.74, 6) is 0.202. The maximum atomic E-state index is 12.2. The van der Waals surface area contributed by atoms with Crippen molar-refractivity contribution in [1.82, 2.24) is 9.97 Å². The molecule has 1 heterocycles. The van der Waals surface area contributed by atoms with Gasteiger partial charge < -0.3 is 15.7 Å². The SMILES string of the molecule is CCCC(=N)c1nc(-c2cccc([N+](=O)[O-])c2)[nH]c(=O)c1NC. The molecule has 3 N–H and O–H groups in total. The molecule has 0 radical (unpaired) electrons. The minimum atomic E-state index is -0.510. The second-order valence-electron chi connectivity index (χ2n) is 4.92. The summed E-state index contributed by atoms with van der Waals surface area (Å²) in [5.41, 5.74) is 0.643. The molecule has 0 spiro atoms. The zero-order valence-corrected chi connectivity index (χ0v) is 12.8. The van der Waals surface area contributed by atoms with Crippen molar-refractivity contribution in [1.29, 1.82) is 5.41 Å². The number of aromatic amines is 1. The number of non-ortho nitro benzene ring substituents is 1. The summed E-state index contributed by atoms with van der Waals surface area (Å²) in [6.07, 6.45) is 1.24. The van der Waals surface area contributed by atoms with Gasteiger partial charge in [0.1, 0.15) is 17.2 Å². The van der Waals surface area contributed by atoms with E-state index in [1.165, 1.54) is 18.2 Å². The molecule has 8 heteroatoms. The summed E-state index contributed by atoms with van der Waals surface area (Å²) in [6.45, 7) is 1.93. The molecule has 0 fully saturated rings. The van der Waals surface area contributed by atoms with E-state index in [9.17, 15) is 14.9 Å². The fourth-order valence-electron chi connectivity index (χ4n) is 2.20. The molecule has 1 aromatic carbocycles. The molecule has 8 nitrogen and oxygen atoms in total. The van der Waals surface area contributed by atoms with Crippen LogP contribution in [0, 0.1) is 15.5 Å². The molecule has 0 atom stereocenters. The lowest BCUT2D eigenvalue weighted by Gasteiger charge is -2.10. The van der Waals surface area contributed by atoms with Crippen molar-refractivity contribution in [3.8, 4) is 11.4 Å². The molecule has 2 aromatic rings. The third kappa shape index (κ3) is 3.42. The molecule has 0 aliphatic heterocycles. The van der Waals surface area contributed by atoms with Gasteiger partial charge in [-0.05, 0) is 6.42 Å². The van der Waals surface area contributed by atoms with Gasteiger partial charge in [-0.25, -0.2) is 4.98 Å². The molecule has 0 saturated carbocycles. The Morgan fingerprint density at radius 2 is 2.22 bits per heavy atom. The van der Waals surface area contributed by atoms with Gasteiger partial charge in [0.2, 0.25) is 0 Å². The van der Waals surface area contributed by atoms with Crippen molar-refractivity contribution < 1.29 is 4.92 Å². The van der Waals surface area contributed by atoms with Crippen LogP contribution in [0.25, 0.3) is 11.4 Å². The quantitative estimate of drug-likeness (QED) is 0.429. The van der Waals surface area contributed by atoms with Crippen LogP contribution in [0.5, 0.6) is 0 Å². The van der Waals surface area contributed by atoms with E-state index in [0.29, 0.717) is 12.0 Å². The number of rotatable bonds is 6. The molecular formula is C15H17N5O3. The number of benzene rings is 1. The minimum absolute atomic E-state index is 0.0898. The van der Waals surface area contributed by atoms with Gasteiger partial charge in [0.15, 0.2) is 0 Å². The Bertz CT molecular complexity index is 813. The molecule has 1 aromatic heterocycles. The topological polar surface area (TPSA) is 125 Å². The fraction of sp³-hybridized carbons (Fsp3) is 0.267. The summed E-state index contributed by atoms with van der Waals surface area (Å²) in [7, 11) is 1.59. The average Bonchev–Trinajstić information content (AvgIpc) is 2.54. The van der Waals surface area contributed by atoms with Crippen molar-refractivity contribution in [2.75, 3.05) is 12.4 Å². The first-order chi connectivity index (χ1) is 11.0. The van der Waals surface area contributed by atoms with Gasteiger partial charge in [0, 0.05) is 24.7 Å². The molecular weight excluding hydrogens is 298 g/mol. The fourth-order valence-corrected chi connectivity index (χ4v) is 2.20. The summed E-state index contributed by atoms with van der Waals surface area (Å²) in [6, 6.07) is 5.85. The summed E-state index contributed by atoms with van der Waals surface area (Å²) < 4.78 is 0. The van der Waals surface area contributed by atoms with E-state index in [1.54, 1.807) is 13.1 Å². The smallest absolute Gasteiger partial charge is 0.275 e. The van der Waals surface area contributed by atoms with Gasteiger partial charge in [0.05, 0.1) is 10.6 Å². The molecule has 0 unspecified atom stereocenters. The number of aromatic nitrogens is 2. The molecule has 0 saturated heterocycles. The van der Waals surface area contributed by atoms with Crippen molar-refractivity contribution in [3.63, 3.8) is 0 Å². The van der Waals surface area contributed by atoms with Gasteiger partial charge >= 0.3 is 0 Å². The Hall–Kier alpha value is -3.03. The lowest BCUT2D eigenvalue weighted by molar-refractivity contribution is -0.384. The van der Waals surface area contributed by atoms with E-state index in [1.807, 2.05) is 6.92 Å². The van der Waals surface area contributed by atoms with Gasteiger partial charge in [0.25, 0.3) is 11.2 Å². The van der Waals surface area contributed by atoms with Crippen LogP contribution >= 0.6 is 0 Å². The zero-order chi connectivity index (χ0) is 17.0. The van der Waals surface area contributed by atoms with Crippen LogP contribution in [0.4, 0.5) is 11.4 Å². The van der Waals surface area contributed by atoms with E-state index in [2.05, 4.69) is 15.3 Å². The highest BCUT2D eigenvalue weighted by atomic mass is 16.6. The van der Waals surface area contributed by atoms with Crippen LogP contribution in [0.15, 0.2) is 29.1 Å². The Morgan fingerprint density at radius 3 is 2.83 bits per heavy atom. The summed E-state index contributed by atoms with van der Waals surface area (Å²) in [4.78, 5) is 29.5. The second-order valence-corrected chi connectivity index (χ2v) is 4.92. The van der Waals surface area contributed by atoms with Crippen LogP contribution in [-0.4, -0.2) is 27.7 Å². The predicted molar refractivity (Wildman–Crippen MR) is 88.2 cm³/mol. The van der Waals surface area contributed by atoms with Crippen molar-refractivity contribution in [3.05, 3.63) is 50.4 Å². The highest BCUT2D eigenvalue weighted by Crippen LogP contribution is 2.22. The summed E-state index contributed by atoms with van der Waals surface area (Å²) in [5, 5.41) is 21.7. The van der Waals surface area contributed by atoms with E-state index in [4.69, 9.17) is 5.41 Å². The average molecular weight is 315 g/mol. The number of nitro groups is 1. The molecule has 0 bridgehead atoms. The first-order valence-corrected chi connectivity index (χ1v) is 7.12. The molecule has 0 amide bonds. The monoisotopic (exact) mass is 315 g/mol. The number of H-pyrrole nitrogens is 1. The van der Waals surface area contributed by atoms with E-state index < -0.39 is 10.5 Å². The summed E-state index contributed by atoms with van der Waals surface area (Å²) >= 11 is 0. The number of hydrogen-bond acceptors (Lipinski definition) is 6. The maximum Gasteiger partial charge on any atom is 0.275 e. The van der Waals surface area contributed by atoms with Crippen LogP contribution in [0.2, 0.25) is 0 Å². The number of nitro benzene ring substituents is 1. The van der Waals surface area contributed by atoms with Gasteiger partial charge in [-0.1, -0.05) is 25.5 Å². The largest absolute Gasteiger partial charge is 0.382 e. The number of nitrogens with zero attached hydrogens (tertiary/aromatic N) is 2.